The van der Waals surface area contributed by atoms with Crippen LogP contribution in [0.1, 0.15) is 16.1 Å². The van der Waals surface area contributed by atoms with Gasteiger partial charge in [-0.05, 0) is 37.7 Å². The molecule has 1 fully saturated rings. The van der Waals surface area contributed by atoms with E-state index in [1.54, 1.807) is 25.4 Å². The summed E-state index contributed by atoms with van der Waals surface area (Å²) in [6.07, 6.45) is 1.66. The molecule has 0 aliphatic carbocycles. The second-order valence-corrected chi connectivity index (χ2v) is 6.86. The van der Waals surface area contributed by atoms with Crippen LogP contribution in [0.5, 0.6) is 5.75 Å². The van der Waals surface area contributed by atoms with Crippen molar-refractivity contribution in [3.8, 4) is 5.75 Å². The number of likely N-dealkylation sites (N-methyl/N-ethyl adjacent to an activating group) is 1. The zero-order valence-electron chi connectivity index (χ0n) is 15.3. The van der Waals surface area contributed by atoms with Crippen molar-refractivity contribution in [2.24, 2.45) is 0 Å². The van der Waals surface area contributed by atoms with Gasteiger partial charge in [0.1, 0.15) is 11.4 Å². The van der Waals surface area contributed by atoms with Crippen LogP contribution in [-0.2, 0) is 0 Å². The molecule has 1 amide bonds. The number of pyridine rings is 1. The topological polar surface area (TPSA) is 57.7 Å². The predicted molar refractivity (Wildman–Crippen MR) is 104 cm³/mol. The van der Waals surface area contributed by atoms with E-state index in [2.05, 4.69) is 22.2 Å². The highest BCUT2D eigenvalue weighted by molar-refractivity contribution is 6.31. The molecule has 2 heterocycles. The minimum absolute atomic E-state index is 0.0235. The van der Waals surface area contributed by atoms with Crippen LogP contribution in [0.4, 0.5) is 11.4 Å². The fourth-order valence-corrected chi connectivity index (χ4v) is 3.00. The number of hydrogen-bond acceptors (Lipinski definition) is 5. The zero-order chi connectivity index (χ0) is 18.7. The Morgan fingerprint density at radius 3 is 2.58 bits per heavy atom. The van der Waals surface area contributed by atoms with Crippen LogP contribution < -0.4 is 10.1 Å². The molecular formula is C19H23ClN4O2. The lowest BCUT2D eigenvalue weighted by atomic mass is 10.2. The number of aryl methyl sites for hydroxylation is 1. The average Bonchev–Trinajstić information content (AvgIpc) is 2.65. The summed E-state index contributed by atoms with van der Waals surface area (Å²) in [7, 11) is 3.66. The van der Waals surface area contributed by atoms with Crippen LogP contribution in [0.3, 0.4) is 0 Å². The molecule has 138 valence electrons. The Morgan fingerprint density at radius 2 is 1.96 bits per heavy atom. The number of amides is 1. The van der Waals surface area contributed by atoms with Gasteiger partial charge in [0.2, 0.25) is 0 Å². The lowest BCUT2D eigenvalue weighted by Crippen LogP contribution is -2.47. The van der Waals surface area contributed by atoms with Crippen LogP contribution in [-0.4, -0.2) is 61.0 Å². The number of methoxy groups -OCH3 is 1. The molecule has 1 aliphatic heterocycles. The summed E-state index contributed by atoms with van der Waals surface area (Å²) < 4.78 is 5.37. The van der Waals surface area contributed by atoms with Crippen LogP contribution in [0, 0.1) is 6.92 Å². The second-order valence-electron chi connectivity index (χ2n) is 6.45. The van der Waals surface area contributed by atoms with Crippen molar-refractivity contribution in [3.63, 3.8) is 0 Å². The number of hydrogen-bond donors (Lipinski definition) is 1. The minimum Gasteiger partial charge on any atom is -0.495 e. The highest BCUT2D eigenvalue weighted by Crippen LogP contribution is 2.32. The quantitative estimate of drug-likeness (QED) is 0.890. The monoisotopic (exact) mass is 374 g/mol. The summed E-state index contributed by atoms with van der Waals surface area (Å²) in [5.41, 5.74) is 2.98. The number of carbonyl (C=O) groups excluding carboxylic acids is 1. The number of halogens is 1. The molecule has 0 unspecified atom stereocenters. The SMILES string of the molecule is COc1cc(Cl)c(C)cc1Nc1ccc(C(=O)N2CCN(C)CC2)nc1. The Bertz CT molecular complexity index is 787. The third-order valence-corrected chi connectivity index (χ3v) is 4.94. The molecule has 0 bridgehead atoms. The number of aromatic nitrogens is 1. The number of nitrogens with one attached hydrogen (secondary N) is 1. The molecule has 1 aliphatic rings. The van der Waals surface area contributed by atoms with Crippen LogP contribution >= 0.6 is 11.6 Å². The zero-order valence-corrected chi connectivity index (χ0v) is 16.0. The number of piperazine rings is 1. The van der Waals surface area contributed by atoms with Crippen molar-refractivity contribution in [3.05, 3.63) is 46.7 Å². The van der Waals surface area contributed by atoms with Gasteiger partial charge < -0.3 is 19.9 Å². The molecule has 6 nitrogen and oxygen atoms in total. The first-order valence-electron chi connectivity index (χ1n) is 8.53. The Hall–Kier alpha value is -2.31. The van der Waals surface area contributed by atoms with Crippen molar-refractivity contribution < 1.29 is 9.53 Å². The second kappa shape index (κ2) is 7.93. The molecule has 26 heavy (non-hydrogen) atoms. The maximum atomic E-state index is 12.5. The molecule has 1 aromatic carbocycles. The van der Waals surface area contributed by atoms with E-state index in [1.165, 1.54) is 0 Å². The van der Waals surface area contributed by atoms with E-state index in [0.717, 1.165) is 43.1 Å². The maximum absolute atomic E-state index is 12.5. The Labute approximate surface area is 158 Å². The van der Waals surface area contributed by atoms with E-state index >= 15 is 0 Å². The first kappa shape index (κ1) is 18.5. The van der Waals surface area contributed by atoms with E-state index in [0.29, 0.717) is 16.5 Å². The molecular weight excluding hydrogens is 352 g/mol. The maximum Gasteiger partial charge on any atom is 0.272 e. The Balaban J connectivity index is 1.72. The van der Waals surface area contributed by atoms with Gasteiger partial charge in [-0.15, -0.1) is 0 Å². The number of nitrogens with zero attached hydrogens (tertiary/aromatic N) is 3. The number of benzene rings is 1. The molecule has 0 saturated carbocycles. The highest BCUT2D eigenvalue weighted by atomic mass is 35.5. The van der Waals surface area contributed by atoms with E-state index in [-0.39, 0.29) is 5.91 Å². The lowest BCUT2D eigenvalue weighted by Gasteiger charge is -2.32. The number of ether oxygens (including phenoxy) is 1. The Morgan fingerprint density at radius 1 is 1.23 bits per heavy atom. The van der Waals surface area contributed by atoms with Crippen molar-refractivity contribution in [1.29, 1.82) is 0 Å². The van der Waals surface area contributed by atoms with Crippen molar-refractivity contribution in [2.45, 2.75) is 6.92 Å². The van der Waals surface area contributed by atoms with Gasteiger partial charge in [0.15, 0.2) is 0 Å². The summed E-state index contributed by atoms with van der Waals surface area (Å²) in [6, 6.07) is 7.29. The van der Waals surface area contributed by atoms with E-state index < -0.39 is 0 Å². The molecule has 1 saturated heterocycles. The van der Waals surface area contributed by atoms with Gasteiger partial charge in [-0.25, -0.2) is 4.98 Å². The predicted octanol–water partition coefficient (Wildman–Crippen LogP) is 3.18. The van der Waals surface area contributed by atoms with Gasteiger partial charge in [0, 0.05) is 37.3 Å². The summed E-state index contributed by atoms with van der Waals surface area (Å²) >= 11 is 6.14. The summed E-state index contributed by atoms with van der Waals surface area (Å²) in [6.45, 7) is 5.18. The van der Waals surface area contributed by atoms with Crippen LogP contribution in [0.15, 0.2) is 30.5 Å². The first-order chi connectivity index (χ1) is 12.5. The van der Waals surface area contributed by atoms with Crippen molar-refractivity contribution in [1.82, 2.24) is 14.8 Å². The van der Waals surface area contributed by atoms with Gasteiger partial charge in [-0.3, -0.25) is 4.79 Å². The summed E-state index contributed by atoms with van der Waals surface area (Å²) in [4.78, 5) is 20.9. The van der Waals surface area contributed by atoms with E-state index in [4.69, 9.17) is 16.3 Å². The van der Waals surface area contributed by atoms with Crippen molar-refractivity contribution >= 4 is 28.9 Å². The molecule has 7 heteroatoms. The smallest absolute Gasteiger partial charge is 0.272 e. The number of anilines is 2. The molecule has 0 radical (unpaired) electrons. The minimum atomic E-state index is -0.0235. The van der Waals surface area contributed by atoms with Crippen molar-refractivity contribution in [2.75, 3.05) is 45.7 Å². The lowest BCUT2D eigenvalue weighted by molar-refractivity contribution is 0.0658. The number of carbonyl (C=O) groups is 1. The molecule has 1 aromatic heterocycles. The summed E-state index contributed by atoms with van der Waals surface area (Å²) in [5, 5.41) is 3.92. The van der Waals surface area contributed by atoms with Gasteiger partial charge >= 0.3 is 0 Å². The third-order valence-electron chi connectivity index (χ3n) is 4.53. The highest BCUT2D eigenvalue weighted by Gasteiger charge is 2.21. The molecule has 2 aromatic rings. The fourth-order valence-electron chi connectivity index (χ4n) is 2.85. The van der Waals surface area contributed by atoms with Crippen LogP contribution in [0.25, 0.3) is 0 Å². The van der Waals surface area contributed by atoms with Gasteiger partial charge in [0.05, 0.1) is 24.7 Å². The molecule has 0 spiro atoms. The Kier molecular flexibility index (Phi) is 5.64. The van der Waals surface area contributed by atoms with Gasteiger partial charge in [0.25, 0.3) is 5.91 Å². The molecule has 1 N–H and O–H groups in total. The fraction of sp³-hybridized carbons (Fsp3) is 0.368. The average molecular weight is 375 g/mol. The van der Waals surface area contributed by atoms with Crippen LogP contribution in [0.2, 0.25) is 5.02 Å². The third kappa shape index (κ3) is 4.08. The van der Waals surface area contributed by atoms with E-state index in [9.17, 15) is 4.79 Å². The number of rotatable bonds is 4. The van der Waals surface area contributed by atoms with E-state index in [1.807, 2.05) is 24.0 Å². The van der Waals surface area contributed by atoms with Gasteiger partial charge in [-0.2, -0.15) is 0 Å². The molecule has 0 atom stereocenters. The standard InChI is InChI=1S/C19H23ClN4O2/c1-13-10-17(18(26-3)11-15(13)20)22-14-4-5-16(21-12-14)19(25)24-8-6-23(2)7-9-24/h4-5,10-12,22H,6-9H2,1-3H3. The van der Waals surface area contributed by atoms with Gasteiger partial charge in [-0.1, -0.05) is 11.6 Å². The summed E-state index contributed by atoms with van der Waals surface area (Å²) in [5.74, 6) is 0.628. The first-order valence-corrected chi connectivity index (χ1v) is 8.91. The normalized spacial score (nSPS) is 15.0. The molecule has 3 rings (SSSR count). The largest absolute Gasteiger partial charge is 0.495 e.